The molecule has 0 bridgehead atoms. The maximum Gasteiger partial charge on any atom is 0.506 e. The van der Waals surface area contributed by atoms with Crippen molar-refractivity contribution in [2.75, 3.05) is 26.2 Å². The van der Waals surface area contributed by atoms with Gasteiger partial charge in [-0.2, -0.15) is 26.3 Å². The number of carbonyl (C=O) groups is 2. The molecule has 2 rings (SSSR count). The first-order valence-electron chi connectivity index (χ1n) is 8.72. The molecule has 0 aromatic heterocycles. The number of ether oxygens (including phenoxy) is 2. The van der Waals surface area contributed by atoms with Gasteiger partial charge in [0.1, 0.15) is 12.4 Å². The van der Waals surface area contributed by atoms with Crippen LogP contribution in [0, 0.1) is 5.82 Å². The van der Waals surface area contributed by atoms with Gasteiger partial charge in [0.2, 0.25) is 0 Å². The molecule has 0 spiro atoms. The molecule has 1 N–H and O–H groups in total. The van der Waals surface area contributed by atoms with Gasteiger partial charge in [-0.15, -0.1) is 0 Å². The van der Waals surface area contributed by atoms with E-state index in [9.17, 15) is 40.3 Å². The molecule has 0 aliphatic carbocycles. The first kappa shape index (κ1) is 24.5. The molecule has 7 nitrogen and oxygen atoms in total. The fourth-order valence-corrected chi connectivity index (χ4v) is 2.87. The lowest BCUT2D eigenvalue weighted by atomic mass is 10.1. The summed E-state index contributed by atoms with van der Waals surface area (Å²) in [4.78, 5) is 24.7. The number of nitrogens with zero attached hydrogens (tertiary/aromatic N) is 2. The van der Waals surface area contributed by atoms with E-state index in [0.717, 1.165) is 6.07 Å². The SMILES string of the molecule is O=C(O)OCc1c(F)cccc1CN1CCN(C(=O)OC(C(F)(F)F)C(F)(F)F)CC1. The smallest absolute Gasteiger partial charge is 0.450 e. The minimum atomic E-state index is -5.80. The third-order valence-electron chi connectivity index (χ3n) is 4.39. The van der Waals surface area contributed by atoms with E-state index in [1.807, 2.05) is 0 Å². The van der Waals surface area contributed by atoms with E-state index in [0.29, 0.717) is 10.5 Å². The average molecular weight is 462 g/mol. The Morgan fingerprint density at radius 1 is 1.03 bits per heavy atom. The van der Waals surface area contributed by atoms with Crippen LogP contribution >= 0.6 is 0 Å². The highest BCUT2D eigenvalue weighted by atomic mass is 19.4. The zero-order chi connectivity index (χ0) is 23.4. The summed E-state index contributed by atoms with van der Waals surface area (Å²) < 4.78 is 97.2. The van der Waals surface area contributed by atoms with Gasteiger partial charge in [-0.25, -0.2) is 14.0 Å². The molecule has 1 aromatic rings. The predicted molar refractivity (Wildman–Crippen MR) is 88.4 cm³/mol. The van der Waals surface area contributed by atoms with E-state index in [4.69, 9.17) is 5.11 Å². The quantitative estimate of drug-likeness (QED) is 0.530. The first-order chi connectivity index (χ1) is 14.3. The van der Waals surface area contributed by atoms with Crippen molar-refractivity contribution in [3.05, 3.63) is 35.1 Å². The van der Waals surface area contributed by atoms with E-state index in [-0.39, 0.29) is 38.3 Å². The third kappa shape index (κ3) is 6.87. The van der Waals surface area contributed by atoms with Crippen molar-refractivity contribution in [2.45, 2.75) is 31.6 Å². The van der Waals surface area contributed by atoms with Gasteiger partial charge in [-0.1, -0.05) is 12.1 Å². The number of rotatable bonds is 5. The van der Waals surface area contributed by atoms with Crippen LogP contribution in [0.1, 0.15) is 11.1 Å². The zero-order valence-electron chi connectivity index (χ0n) is 15.7. The number of halogens is 7. The van der Waals surface area contributed by atoms with Crippen LogP contribution in [0.4, 0.5) is 40.3 Å². The van der Waals surface area contributed by atoms with Gasteiger partial charge in [-0.3, -0.25) is 4.90 Å². The van der Waals surface area contributed by atoms with Crippen LogP contribution in [0.2, 0.25) is 0 Å². The van der Waals surface area contributed by atoms with Crippen LogP contribution in [-0.2, 0) is 22.6 Å². The summed E-state index contributed by atoms with van der Waals surface area (Å²) in [5, 5.41) is 8.58. The lowest BCUT2D eigenvalue weighted by Crippen LogP contribution is -2.52. The number of carbonyl (C=O) groups excluding carboxylic acids is 1. The van der Waals surface area contributed by atoms with Crippen molar-refractivity contribution in [3.63, 3.8) is 0 Å². The Balaban J connectivity index is 1.97. The standard InChI is InChI=1S/C17H17F7N2O5/c18-12-3-1-2-10(11(12)9-30-15(28)29)8-25-4-6-26(7-5-25)14(27)31-13(16(19,20)21)17(22,23)24/h1-3,13H,4-9H2,(H,28,29). The highest BCUT2D eigenvalue weighted by molar-refractivity contribution is 5.68. The molecule has 1 heterocycles. The lowest BCUT2D eigenvalue weighted by molar-refractivity contribution is -0.308. The van der Waals surface area contributed by atoms with Gasteiger partial charge >= 0.3 is 24.6 Å². The molecule has 0 unspecified atom stereocenters. The fraction of sp³-hybridized carbons (Fsp3) is 0.529. The van der Waals surface area contributed by atoms with Crippen LogP contribution in [0.5, 0.6) is 0 Å². The van der Waals surface area contributed by atoms with Crippen molar-refractivity contribution in [1.29, 1.82) is 0 Å². The van der Waals surface area contributed by atoms with E-state index >= 15 is 0 Å². The lowest BCUT2D eigenvalue weighted by Gasteiger charge is -2.35. The second kappa shape index (κ2) is 9.58. The Kier molecular flexibility index (Phi) is 7.57. The van der Waals surface area contributed by atoms with Crippen molar-refractivity contribution in [1.82, 2.24) is 9.80 Å². The zero-order valence-corrected chi connectivity index (χ0v) is 15.7. The van der Waals surface area contributed by atoms with Crippen molar-refractivity contribution >= 4 is 12.2 Å². The van der Waals surface area contributed by atoms with Crippen molar-refractivity contribution < 1.29 is 54.9 Å². The van der Waals surface area contributed by atoms with Gasteiger partial charge in [-0.05, 0) is 11.6 Å². The number of carboxylic acid groups (broad SMARTS) is 1. The molecule has 1 fully saturated rings. The van der Waals surface area contributed by atoms with Crippen molar-refractivity contribution in [3.8, 4) is 0 Å². The second-order valence-electron chi connectivity index (χ2n) is 6.54. The Morgan fingerprint density at radius 3 is 2.13 bits per heavy atom. The summed E-state index contributed by atoms with van der Waals surface area (Å²) in [6.07, 6.45) is -19.2. The molecular formula is C17H17F7N2O5. The fourth-order valence-electron chi connectivity index (χ4n) is 2.87. The van der Waals surface area contributed by atoms with Gasteiger partial charge in [0, 0.05) is 38.3 Å². The molecule has 0 atom stereocenters. The topological polar surface area (TPSA) is 79.3 Å². The highest BCUT2D eigenvalue weighted by Gasteiger charge is 2.60. The molecule has 1 aromatic carbocycles. The molecule has 14 heteroatoms. The summed E-state index contributed by atoms with van der Waals surface area (Å²) in [5.74, 6) is -0.702. The Hall–Kier alpha value is -2.77. The Morgan fingerprint density at radius 2 is 1.61 bits per heavy atom. The molecule has 31 heavy (non-hydrogen) atoms. The minimum Gasteiger partial charge on any atom is -0.450 e. The van der Waals surface area contributed by atoms with Crippen LogP contribution in [-0.4, -0.2) is 71.8 Å². The van der Waals surface area contributed by atoms with E-state index in [2.05, 4.69) is 9.47 Å². The monoisotopic (exact) mass is 462 g/mol. The number of hydrogen-bond acceptors (Lipinski definition) is 5. The largest absolute Gasteiger partial charge is 0.506 e. The number of hydrogen-bond donors (Lipinski definition) is 1. The molecule has 1 amide bonds. The van der Waals surface area contributed by atoms with E-state index in [1.54, 1.807) is 4.90 Å². The van der Waals surface area contributed by atoms with Gasteiger partial charge in [0.15, 0.2) is 0 Å². The molecule has 1 aliphatic rings. The van der Waals surface area contributed by atoms with Crippen LogP contribution < -0.4 is 0 Å². The first-order valence-corrected chi connectivity index (χ1v) is 8.72. The maximum absolute atomic E-state index is 14.0. The summed E-state index contributed by atoms with van der Waals surface area (Å²) in [6, 6.07) is 4.01. The minimum absolute atomic E-state index is 0.00932. The highest BCUT2D eigenvalue weighted by Crippen LogP contribution is 2.36. The number of alkyl halides is 6. The van der Waals surface area contributed by atoms with Crippen LogP contribution in [0.15, 0.2) is 18.2 Å². The number of piperazine rings is 1. The molecule has 1 saturated heterocycles. The van der Waals surface area contributed by atoms with Gasteiger partial charge in [0.05, 0.1) is 0 Å². The van der Waals surface area contributed by atoms with Gasteiger partial charge in [0.25, 0.3) is 6.10 Å². The summed E-state index contributed by atoms with van der Waals surface area (Å²) >= 11 is 0. The normalized spacial score (nSPS) is 15.8. The molecule has 1 aliphatic heterocycles. The van der Waals surface area contributed by atoms with Crippen LogP contribution in [0.3, 0.4) is 0 Å². The Bertz CT molecular complexity index is 778. The average Bonchev–Trinajstić information content (AvgIpc) is 2.64. The maximum atomic E-state index is 14.0. The predicted octanol–water partition coefficient (Wildman–Crippen LogP) is 3.77. The molecule has 0 radical (unpaired) electrons. The summed E-state index contributed by atoms with van der Waals surface area (Å²) in [7, 11) is 0. The van der Waals surface area contributed by atoms with Gasteiger partial charge < -0.3 is 19.5 Å². The number of benzene rings is 1. The summed E-state index contributed by atoms with van der Waals surface area (Å²) in [5.41, 5.74) is 0.372. The van der Waals surface area contributed by atoms with E-state index in [1.165, 1.54) is 12.1 Å². The number of amides is 1. The van der Waals surface area contributed by atoms with Crippen molar-refractivity contribution in [2.24, 2.45) is 0 Å². The third-order valence-corrected chi connectivity index (χ3v) is 4.39. The Labute approximate surface area is 170 Å². The van der Waals surface area contributed by atoms with Crippen LogP contribution in [0.25, 0.3) is 0 Å². The summed E-state index contributed by atoms with van der Waals surface area (Å²) in [6.45, 7) is -0.803. The molecule has 0 saturated carbocycles. The molecule has 174 valence electrons. The van der Waals surface area contributed by atoms with E-state index < -0.39 is 43.1 Å². The molecular weight excluding hydrogens is 445 g/mol. The second-order valence-corrected chi connectivity index (χ2v) is 6.54.